The predicted octanol–water partition coefficient (Wildman–Crippen LogP) is 2.77. The van der Waals surface area contributed by atoms with Crippen molar-refractivity contribution in [1.29, 1.82) is 0 Å². The summed E-state index contributed by atoms with van der Waals surface area (Å²) in [5.74, 6) is 1.54. The van der Waals surface area contributed by atoms with Crippen LogP contribution < -0.4 is 5.32 Å². The summed E-state index contributed by atoms with van der Waals surface area (Å²) >= 11 is 0. The second kappa shape index (κ2) is 6.05. The molecule has 17 heavy (non-hydrogen) atoms. The van der Waals surface area contributed by atoms with E-state index in [1.165, 1.54) is 0 Å². The fourth-order valence-electron chi connectivity index (χ4n) is 1.75. The largest absolute Gasteiger partial charge is 0.374 e. The van der Waals surface area contributed by atoms with E-state index in [0.717, 1.165) is 25.6 Å². The average molecular weight is 239 g/mol. The molecule has 0 bridgehead atoms. The van der Waals surface area contributed by atoms with Crippen LogP contribution in [0.15, 0.2) is 12.4 Å². The number of ether oxygens (including phenoxy) is 1. The lowest BCUT2D eigenvalue weighted by molar-refractivity contribution is 0.000539. The van der Waals surface area contributed by atoms with Crippen molar-refractivity contribution in [2.45, 2.75) is 46.8 Å². The molecule has 0 aliphatic carbocycles. The monoisotopic (exact) mass is 239 g/mol. The second-order valence-corrected chi connectivity index (χ2v) is 5.34. The van der Waals surface area contributed by atoms with Gasteiger partial charge in [-0.05, 0) is 26.7 Å². The third kappa shape index (κ3) is 4.77. The van der Waals surface area contributed by atoms with Gasteiger partial charge in [0.2, 0.25) is 5.95 Å². The molecule has 1 aromatic heterocycles. The minimum absolute atomic E-state index is 0.163. The number of hydrogen-bond acceptors (Lipinski definition) is 3. The Labute approximate surface area is 104 Å². The average Bonchev–Trinajstić information content (AvgIpc) is 2.61. The lowest BCUT2D eigenvalue weighted by Crippen LogP contribution is -2.34. The molecule has 4 heteroatoms. The van der Waals surface area contributed by atoms with Crippen molar-refractivity contribution >= 4 is 5.95 Å². The maximum absolute atomic E-state index is 5.65. The molecule has 1 N–H and O–H groups in total. The van der Waals surface area contributed by atoms with Gasteiger partial charge >= 0.3 is 0 Å². The van der Waals surface area contributed by atoms with Crippen LogP contribution in [0.1, 0.15) is 34.6 Å². The topological polar surface area (TPSA) is 39.1 Å². The van der Waals surface area contributed by atoms with E-state index in [-0.39, 0.29) is 5.60 Å². The molecule has 0 unspecified atom stereocenters. The summed E-state index contributed by atoms with van der Waals surface area (Å²) in [6.45, 7) is 13.1. The van der Waals surface area contributed by atoms with E-state index in [1.54, 1.807) is 0 Å². The van der Waals surface area contributed by atoms with E-state index in [2.05, 4.69) is 42.6 Å². The van der Waals surface area contributed by atoms with Gasteiger partial charge < -0.3 is 14.6 Å². The lowest BCUT2D eigenvalue weighted by Gasteiger charge is -2.25. The summed E-state index contributed by atoms with van der Waals surface area (Å²) in [6, 6.07) is 0. The molecule has 0 fully saturated rings. The first-order chi connectivity index (χ1) is 7.94. The predicted molar refractivity (Wildman–Crippen MR) is 71.3 cm³/mol. The zero-order valence-corrected chi connectivity index (χ0v) is 11.7. The van der Waals surface area contributed by atoms with Gasteiger partial charge in [0, 0.05) is 32.1 Å². The number of imidazole rings is 1. The zero-order valence-electron chi connectivity index (χ0n) is 11.7. The number of nitrogens with zero attached hydrogens (tertiary/aromatic N) is 2. The second-order valence-electron chi connectivity index (χ2n) is 5.34. The van der Waals surface area contributed by atoms with E-state index in [0.29, 0.717) is 5.92 Å². The maximum Gasteiger partial charge on any atom is 0.202 e. The Morgan fingerprint density at radius 1 is 1.47 bits per heavy atom. The molecular weight excluding hydrogens is 214 g/mol. The van der Waals surface area contributed by atoms with Gasteiger partial charge in [0.15, 0.2) is 0 Å². The molecule has 0 aliphatic rings. The molecule has 0 saturated heterocycles. The van der Waals surface area contributed by atoms with Gasteiger partial charge in [0.25, 0.3) is 0 Å². The van der Waals surface area contributed by atoms with Gasteiger partial charge in [0.05, 0.1) is 5.60 Å². The first kappa shape index (κ1) is 14.0. The Hall–Kier alpha value is -1.03. The third-order valence-electron chi connectivity index (χ3n) is 2.48. The molecule has 1 rings (SSSR count). The van der Waals surface area contributed by atoms with Gasteiger partial charge in [-0.25, -0.2) is 4.98 Å². The standard InChI is InChI=1S/C13H25N3O/c1-6-17-13(4,5)10-15-12-14-7-8-16(12)9-11(2)3/h7-8,11H,6,9-10H2,1-5H3,(H,14,15). The summed E-state index contributed by atoms with van der Waals surface area (Å²) in [4.78, 5) is 4.33. The molecule has 1 heterocycles. The highest BCUT2D eigenvalue weighted by Crippen LogP contribution is 2.12. The first-order valence-corrected chi connectivity index (χ1v) is 6.33. The van der Waals surface area contributed by atoms with E-state index in [9.17, 15) is 0 Å². The van der Waals surface area contributed by atoms with Crippen LogP contribution in [0.5, 0.6) is 0 Å². The van der Waals surface area contributed by atoms with Crippen molar-refractivity contribution in [2.75, 3.05) is 18.5 Å². The van der Waals surface area contributed by atoms with Crippen molar-refractivity contribution in [3.8, 4) is 0 Å². The first-order valence-electron chi connectivity index (χ1n) is 6.33. The normalized spacial score (nSPS) is 12.1. The van der Waals surface area contributed by atoms with Crippen molar-refractivity contribution in [3.63, 3.8) is 0 Å². The number of rotatable bonds is 7. The summed E-state index contributed by atoms with van der Waals surface area (Å²) in [5.41, 5.74) is -0.163. The Bertz CT molecular complexity index is 331. The fourth-order valence-corrected chi connectivity index (χ4v) is 1.75. The van der Waals surface area contributed by atoms with E-state index in [1.807, 2.05) is 19.3 Å². The van der Waals surface area contributed by atoms with Crippen LogP contribution >= 0.6 is 0 Å². The van der Waals surface area contributed by atoms with Gasteiger partial charge in [-0.2, -0.15) is 0 Å². The highest BCUT2D eigenvalue weighted by molar-refractivity contribution is 5.26. The molecule has 98 valence electrons. The minimum atomic E-state index is -0.163. The Balaban J connectivity index is 2.54. The molecule has 1 aromatic rings. The maximum atomic E-state index is 5.65. The third-order valence-corrected chi connectivity index (χ3v) is 2.48. The van der Waals surface area contributed by atoms with Crippen LogP contribution in [0.25, 0.3) is 0 Å². The van der Waals surface area contributed by atoms with Crippen molar-refractivity contribution < 1.29 is 4.74 Å². The SMILES string of the molecule is CCOC(C)(C)CNc1nccn1CC(C)C. The molecule has 0 radical (unpaired) electrons. The zero-order chi connectivity index (χ0) is 12.9. The summed E-state index contributed by atoms with van der Waals surface area (Å²) in [7, 11) is 0. The summed E-state index contributed by atoms with van der Waals surface area (Å²) in [6.07, 6.45) is 3.84. The van der Waals surface area contributed by atoms with Gasteiger partial charge in [-0.3, -0.25) is 0 Å². The number of anilines is 1. The van der Waals surface area contributed by atoms with Gasteiger partial charge in [-0.1, -0.05) is 13.8 Å². The molecule has 0 aliphatic heterocycles. The Kier molecular flexibility index (Phi) is 5.00. The molecule has 0 amide bonds. The summed E-state index contributed by atoms with van der Waals surface area (Å²) < 4.78 is 7.79. The van der Waals surface area contributed by atoms with Crippen molar-refractivity contribution in [3.05, 3.63) is 12.4 Å². The van der Waals surface area contributed by atoms with E-state index >= 15 is 0 Å². The molecule has 0 aromatic carbocycles. The minimum Gasteiger partial charge on any atom is -0.374 e. The Morgan fingerprint density at radius 3 is 2.76 bits per heavy atom. The number of hydrogen-bond donors (Lipinski definition) is 1. The van der Waals surface area contributed by atoms with Gasteiger partial charge in [0.1, 0.15) is 0 Å². The van der Waals surface area contributed by atoms with Crippen LogP contribution in [-0.2, 0) is 11.3 Å². The lowest BCUT2D eigenvalue weighted by atomic mass is 10.1. The highest BCUT2D eigenvalue weighted by Gasteiger charge is 2.18. The Morgan fingerprint density at radius 2 is 2.18 bits per heavy atom. The van der Waals surface area contributed by atoms with Crippen LogP contribution in [0.2, 0.25) is 0 Å². The van der Waals surface area contributed by atoms with E-state index < -0.39 is 0 Å². The molecular formula is C13H25N3O. The fraction of sp³-hybridized carbons (Fsp3) is 0.769. The smallest absolute Gasteiger partial charge is 0.202 e. The van der Waals surface area contributed by atoms with Crippen LogP contribution in [0.3, 0.4) is 0 Å². The molecule has 0 atom stereocenters. The van der Waals surface area contributed by atoms with Crippen molar-refractivity contribution in [2.24, 2.45) is 5.92 Å². The highest BCUT2D eigenvalue weighted by atomic mass is 16.5. The molecule has 4 nitrogen and oxygen atoms in total. The molecule has 0 spiro atoms. The van der Waals surface area contributed by atoms with Crippen molar-refractivity contribution in [1.82, 2.24) is 9.55 Å². The van der Waals surface area contributed by atoms with Gasteiger partial charge in [-0.15, -0.1) is 0 Å². The molecule has 0 saturated carbocycles. The number of aromatic nitrogens is 2. The van der Waals surface area contributed by atoms with Crippen LogP contribution in [0.4, 0.5) is 5.95 Å². The van der Waals surface area contributed by atoms with Crippen LogP contribution in [0, 0.1) is 5.92 Å². The number of nitrogens with one attached hydrogen (secondary N) is 1. The van der Waals surface area contributed by atoms with E-state index in [4.69, 9.17) is 4.74 Å². The summed E-state index contributed by atoms with van der Waals surface area (Å²) in [5, 5.41) is 3.35. The van der Waals surface area contributed by atoms with Crippen LogP contribution in [-0.4, -0.2) is 28.3 Å². The quantitative estimate of drug-likeness (QED) is 0.795.